The molecule has 0 aliphatic carbocycles. The first-order chi connectivity index (χ1) is 11.6. The summed E-state index contributed by atoms with van der Waals surface area (Å²) in [5, 5.41) is 6.23. The summed E-state index contributed by atoms with van der Waals surface area (Å²) in [6, 6.07) is 5.41. The maximum Gasteiger partial charge on any atom is 0.195 e. The van der Waals surface area contributed by atoms with E-state index in [1.165, 1.54) is 0 Å². The van der Waals surface area contributed by atoms with Crippen LogP contribution in [0.15, 0.2) is 23.2 Å². The Bertz CT molecular complexity index is 694. The van der Waals surface area contributed by atoms with Crippen LogP contribution < -0.4 is 20.1 Å². The van der Waals surface area contributed by atoms with Crippen LogP contribution in [-0.2, 0) is 9.84 Å². The molecular formula is C17H29N3O4S. The van der Waals surface area contributed by atoms with Crippen LogP contribution in [0.1, 0.15) is 27.7 Å². The first-order valence-electron chi connectivity index (χ1n) is 8.14. The molecule has 0 bridgehead atoms. The van der Waals surface area contributed by atoms with Gasteiger partial charge in [0.05, 0.1) is 31.3 Å². The third kappa shape index (κ3) is 6.12. The Morgan fingerprint density at radius 2 is 1.80 bits per heavy atom. The average molecular weight is 372 g/mol. The van der Waals surface area contributed by atoms with E-state index >= 15 is 0 Å². The molecule has 0 unspecified atom stereocenters. The molecule has 8 heteroatoms. The molecule has 1 aromatic rings. The van der Waals surface area contributed by atoms with Crippen LogP contribution in [0.5, 0.6) is 11.5 Å². The molecule has 2 N–H and O–H groups in total. The Hall–Kier alpha value is -1.96. The summed E-state index contributed by atoms with van der Waals surface area (Å²) in [7, 11) is -0.0568. The number of nitrogens with one attached hydrogen (secondary N) is 2. The van der Waals surface area contributed by atoms with Crippen molar-refractivity contribution in [2.24, 2.45) is 4.99 Å². The molecule has 0 amide bonds. The fourth-order valence-corrected chi connectivity index (χ4v) is 2.89. The van der Waals surface area contributed by atoms with Crippen molar-refractivity contribution in [2.45, 2.75) is 32.4 Å². The molecule has 0 spiro atoms. The number of hydrogen-bond acceptors (Lipinski definition) is 5. The molecule has 0 aromatic heterocycles. The van der Waals surface area contributed by atoms with Gasteiger partial charge in [0.15, 0.2) is 27.3 Å². The fraction of sp³-hybridized carbons (Fsp3) is 0.588. The van der Waals surface area contributed by atoms with Crippen LogP contribution in [0.4, 0.5) is 5.69 Å². The smallest absolute Gasteiger partial charge is 0.195 e. The predicted molar refractivity (Wildman–Crippen MR) is 103 cm³/mol. The van der Waals surface area contributed by atoms with E-state index in [0.29, 0.717) is 24.0 Å². The molecule has 25 heavy (non-hydrogen) atoms. The SMILES string of the molecule is CCNC(=NCCS(=O)(=O)C(C)(C)C)Nc1ccc(OC)c(OC)c1. The van der Waals surface area contributed by atoms with E-state index in [0.717, 1.165) is 5.69 Å². The second kappa shape index (κ2) is 8.94. The Kier molecular flexibility index (Phi) is 7.54. The molecule has 1 rings (SSSR count). The highest BCUT2D eigenvalue weighted by atomic mass is 32.2. The van der Waals surface area contributed by atoms with E-state index in [4.69, 9.17) is 9.47 Å². The summed E-state index contributed by atoms with van der Waals surface area (Å²) in [4.78, 5) is 4.35. The molecule has 0 heterocycles. The van der Waals surface area contributed by atoms with Crippen LogP contribution in [0.25, 0.3) is 0 Å². The summed E-state index contributed by atoms with van der Waals surface area (Å²) in [6.45, 7) is 7.86. The fourth-order valence-electron chi connectivity index (χ4n) is 1.94. The molecule has 0 saturated heterocycles. The lowest BCUT2D eigenvalue weighted by molar-refractivity contribution is 0.355. The van der Waals surface area contributed by atoms with Crippen LogP contribution >= 0.6 is 0 Å². The van der Waals surface area contributed by atoms with E-state index in [-0.39, 0.29) is 12.3 Å². The van der Waals surface area contributed by atoms with E-state index in [1.807, 2.05) is 13.0 Å². The minimum atomic E-state index is -3.20. The van der Waals surface area contributed by atoms with Gasteiger partial charge in [0.1, 0.15) is 0 Å². The molecule has 7 nitrogen and oxygen atoms in total. The second-order valence-electron chi connectivity index (χ2n) is 6.39. The monoisotopic (exact) mass is 371 g/mol. The van der Waals surface area contributed by atoms with Gasteiger partial charge in [-0.3, -0.25) is 4.99 Å². The van der Waals surface area contributed by atoms with Crippen molar-refractivity contribution in [3.8, 4) is 11.5 Å². The van der Waals surface area contributed by atoms with E-state index in [1.54, 1.807) is 47.1 Å². The summed E-state index contributed by atoms with van der Waals surface area (Å²) in [6.07, 6.45) is 0. The third-order valence-electron chi connectivity index (χ3n) is 3.55. The van der Waals surface area contributed by atoms with Crippen molar-refractivity contribution in [3.63, 3.8) is 0 Å². The number of ether oxygens (including phenoxy) is 2. The number of benzene rings is 1. The van der Waals surface area contributed by atoms with Crippen LogP contribution in [0.3, 0.4) is 0 Å². The minimum absolute atomic E-state index is 0.000984. The van der Waals surface area contributed by atoms with Crippen LogP contribution in [0, 0.1) is 0 Å². The number of guanidine groups is 1. The summed E-state index contributed by atoms with van der Waals surface area (Å²) in [5.74, 6) is 1.74. The highest BCUT2D eigenvalue weighted by molar-refractivity contribution is 7.92. The Labute approximate surface area is 150 Å². The van der Waals surface area contributed by atoms with Crippen molar-refractivity contribution in [3.05, 3.63) is 18.2 Å². The highest BCUT2D eigenvalue weighted by Gasteiger charge is 2.28. The Morgan fingerprint density at radius 1 is 1.16 bits per heavy atom. The van der Waals surface area contributed by atoms with Crippen molar-refractivity contribution < 1.29 is 17.9 Å². The largest absolute Gasteiger partial charge is 0.493 e. The van der Waals surface area contributed by atoms with Crippen LogP contribution in [-0.4, -0.2) is 52.2 Å². The van der Waals surface area contributed by atoms with Crippen molar-refractivity contribution in [1.82, 2.24) is 5.32 Å². The topological polar surface area (TPSA) is 89.0 Å². The van der Waals surface area contributed by atoms with Crippen molar-refractivity contribution >= 4 is 21.5 Å². The second-order valence-corrected chi connectivity index (χ2v) is 9.25. The Morgan fingerprint density at radius 3 is 2.32 bits per heavy atom. The highest BCUT2D eigenvalue weighted by Crippen LogP contribution is 2.29. The summed E-state index contributed by atoms with van der Waals surface area (Å²) in [5.41, 5.74) is 0.760. The van der Waals surface area contributed by atoms with Gasteiger partial charge in [-0.25, -0.2) is 8.42 Å². The maximum absolute atomic E-state index is 12.2. The number of aliphatic imine (C=N–C) groups is 1. The predicted octanol–water partition coefficient (Wildman–Crippen LogP) is 2.29. The summed E-state index contributed by atoms with van der Waals surface area (Å²) < 4.78 is 34.0. The molecule has 0 atom stereocenters. The third-order valence-corrected chi connectivity index (χ3v) is 6.14. The number of sulfone groups is 1. The van der Waals surface area contributed by atoms with Gasteiger partial charge in [-0.15, -0.1) is 0 Å². The number of methoxy groups -OCH3 is 2. The van der Waals surface area contributed by atoms with E-state index in [2.05, 4.69) is 15.6 Å². The quantitative estimate of drug-likeness (QED) is 0.565. The normalized spacial score (nSPS) is 12.6. The first kappa shape index (κ1) is 21.1. The standard InChI is InChI=1S/C17H29N3O4S/c1-7-18-16(19-10-11-25(21,22)17(2,3)4)20-13-8-9-14(23-5)15(12-13)24-6/h8-9,12H,7,10-11H2,1-6H3,(H2,18,19,20). The number of anilines is 1. The zero-order valence-corrected chi connectivity index (χ0v) is 16.7. The van der Waals surface area contributed by atoms with E-state index in [9.17, 15) is 8.42 Å². The molecule has 0 fully saturated rings. The molecule has 142 valence electrons. The maximum atomic E-state index is 12.2. The molecular weight excluding hydrogens is 342 g/mol. The minimum Gasteiger partial charge on any atom is -0.493 e. The molecule has 0 aliphatic heterocycles. The summed E-state index contributed by atoms with van der Waals surface area (Å²) >= 11 is 0. The van der Waals surface area contributed by atoms with E-state index < -0.39 is 14.6 Å². The van der Waals surface area contributed by atoms with Crippen molar-refractivity contribution in [1.29, 1.82) is 0 Å². The zero-order chi connectivity index (χ0) is 19.1. The molecule has 1 aromatic carbocycles. The average Bonchev–Trinajstić information content (AvgIpc) is 2.53. The molecule has 0 aliphatic rings. The van der Waals surface area contributed by atoms with Crippen molar-refractivity contribution in [2.75, 3.05) is 38.4 Å². The molecule has 0 saturated carbocycles. The number of rotatable bonds is 7. The van der Waals surface area contributed by atoms with Gasteiger partial charge in [-0.05, 0) is 39.8 Å². The van der Waals surface area contributed by atoms with Crippen LogP contribution in [0.2, 0.25) is 0 Å². The lowest BCUT2D eigenvalue weighted by Gasteiger charge is -2.18. The lowest BCUT2D eigenvalue weighted by Crippen LogP contribution is -2.33. The Balaban J connectivity index is 2.87. The molecule has 0 radical (unpaired) electrons. The van der Waals surface area contributed by atoms with Gasteiger partial charge in [-0.1, -0.05) is 0 Å². The van der Waals surface area contributed by atoms with Gasteiger partial charge in [0.2, 0.25) is 0 Å². The first-order valence-corrected chi connectivity index (χ1v) is 9.79. The number of hydrogen-bond donors (Lipinski definition) is 2. The van der Waals surface area contributed by atoms with Gasteiger partial charge >= 0.3 is 0 Å². The number of nitrogens with zero attached hydrogens (tertiary/aromatic N) is 1. The zero-order valence-electron chi connectivity index (χ0n) is 15.8. The van der Waals surface area contributed by atoms with Gasteiger partial charge in [0, 0.05) is 18.3 Å². The van der Waals surface area contributed by atoms with Gasteiger partial charge in [0.25, 0.3) is 0 Å². The van der Waals surface area contributed by atoms with Gasteiger partial charge in [-0.2, -0.15) is 0 Å². The lowest BCUT2D eigenvalue weighted by atomic mass is 10.3. The van der Waals surface area contributed by atoms with Gasteiger partial charge < -0.3 is 20.1 Å².